The number of aromatic nitrogens is 4. The van der Waals surface area contributed by atoms with E-state index >= 15 is 0 Å². The van der Waals surface area contributed by atoms with E-state index in [1.807, 2.05) is 0 Å². The monoisotopic (exact) mass is 338 g/mol. The standard InChI is InChI=1S/C13H18N6O5/c1-2-18(6-20)23-3-7-9(21)10(22)13(24-7)19-5-17-8-11(14)15-4-16-12(8)19/h4-7,9-10,13,21-22H,2-3H2,1H3,(H2,14,15,16)/t7-,9-,10-,13-/m1/s1. The second kappa shape index (κ2) is 6.65. The Kier molecular flexibility index (Phi) is 4.57. The predicted octanol–water partition coefficient (Wildman–Crippen LogP) is -1.56. The lowest BCUT2D eigenvalue weighted by molar-refractivity contribution is -0.189. The molecule has 4 N–H and O–H groups in total. The van der Waals surface area contributed by atoms with Gasteiger partial charge in [-0.25, -0.2) is 20.0 Å². The maximum Gasteiger partial charge on any atom is 0.233 e. The minimum atomic E-state index is -1.22. The molecule has 0 bridgehead atoms. The molecule has 24 heavy (non-hydrogen) atoms. The third kappa shape index (κ3) is 2.78. The summed E-state index contributed by atoms with van der Waals surface area (Å²) in [5.74, 6) is 0.205. The number of hydroxylamine groups is 2. The maximum atomic E-state index is 10.7. The van der Waals surface area contributed by atoms with Crippen molar-refractivity contribution in [3.63, 3.8) is 0 Å². The van der Waals surface area contributed by atoms with E-state index in [0.29, 0.717) is 24.1 Å². The van der Waals surface area contributed by atoms with Crippen LogP contribution in [0.4, 0.5) is 5.82 Å². The lowest BCUT2D eigenvalue weighted by Gasteiger charge is -2.19. The Morgan fingerprint density at radius 2 is 2.21 bits per heavy atom. The molecule has 4 atom stereocenters. The molecule has 2 aromatic heterocycles. The second-order valence-corrected chi connectivity index (χ2v) is 5.26. The van der Waals surface area contributed by atoms with Crippen LogP contribution in [0.1, 0.15) is 13.2 Å². The number of nitrogens with zero attached hydrogens (tertiary/aromatic N) is 5. The van der Waals surface area contributed by atoms with Gasteiger partial charge < -0.3 is 20.7 Å². The average Bonchev–Trinajstić information content (AvgIpc) is 3.13. The highest BCUT2D eigenvalue weighted by Crippen LogP contribution is 2.32. The number of aliphatic hydroxyl groups is 2. The number of fused-ring (bicyclic) bond motifs is 1. The molecule has 0 radical (unpaired) electrons. The van der Waals surface area contributed by atoms with Crippen LogP contribution in [0.2, 0.25) is 0 Å². The zero-order chi connectivity index (χ0) is 17.3. The van der Waals surface area contributed by atoms with Crippen LogP contribution >= 0.6 is 0 Å². The molecular weight excluding hydrogens is 320 g/mol. The summed E-state index contributed by atoms with van der Waals surface area (Å²) in [5, 5.41) is 21.5. The summed E-state index contributed by atoms with van der Waals surface area (Å²) in [4.78, 5) is 28.0. The first-order valence-electron chi connectivity index (χ1n) is 7.36. The summed E-state index contributed by atoms with van der Waals surface area (Å²) in [6.45, 7) is 1.99. The molecule has 3 rings (SSSR count). The number of anilines is 1. The van der Waals surface area contributed by atoms with Crippen LogP contribution in [0, 0.1) is 0 Å². The van der Waals surface area contributed by atoms with Crippen molar-refractivity contribution in [2.75, 3.05) is 18.9 Å². The topological polar surface area (TPSA) is 149 Å². The van der Waals surface area contributed by atoms with Gasteiger partial charge in [0.15, 0.2) is 17.7 Å². The zero-order valence-electron chi connectivity index (χ0n) is 12.9. The summed E-state index contributed by atoms with van der Waals surface area (Å²) in [5.41, 5.74) is 6.48. The van der Waals surface area contributed by atoms with E-state index in [4.69, 9.17) is 15.3 Å². The highest BCUT2D eigenvalue weighted by Gasteiger charge is 2.44. The second-order valence-electron chi connectivity index (χ2n) is 5.26. The van der Waals surface area contributed by atoms with Crippen LogP contribution in [-0.4, -0.2) is 72.7 Å². The van der Waals surface area contributed by atoms with Gasteiger partial charge in [-0.15, -0.1) is 0 Å². The number of rotatable bonds is 6. The van der Waals surface area contributed by atoms with Crippen LogP contribution in [0.25, 0.3) is 11.2 Å². The number of ether oxygens (including phenoxy) is 1. The number of aliphatic hydroxyl groups excluding tert-OH is 2. The van der Waals surface area contributed by atoms with Crippen molar-refractivity contribution in [3.05, 3.63) is 12.7 Å². The SMILES string of the molecule is CCN(C=O)OC[C@H]1O[C@@H](n2cnc3c(N)ncnc32)[C@H](O)[C@@H]1O. The molecule has 0 spiro atoms. The molecule has 3 heterocycles. The van der Waals surface area contributed by atoms with Gasteiger partial charge in [0.05, 0.1) is 6.33 Å². The predicted molar refractivity (Wildman–Crippen MR) is 80.1 cm³/mol. The normalized spacial score (nSPS) is 26.8. The van der Waals surface area contributed by atoms with Crippen molar-refractivity contribution in [1.29, 1.82) is 0 Å². The smallest absolute Gasteiger partial charge is 0.233 e. The summed E-state index contributed by atoms with van der Waals surface area (Å²) >= 11 is 0. The number of hydrogen-bond acceptors (Lipinski definition) is 9. The molecule has 1 aliphatic heterocycles. The Morgan fingerprint density at radius 1 is 1.42 bits per heavy atom. The van der Waals surface area contributed by atoms with Crippen LogP contribution in [-0.2, 0) is 14.4 Å². The van der Waals surface area contributed by atoms with Gasteiger partial charge in [0, 0.05) is 6.54 Å². The van der Waals surface area contributed by atoms with Gasteiger partial charge in [-0.1, -0.05) is 0 Å². The number of amides is 1. The van der Waals surface area contributed by atoms with Crippen molar-refractivity contribution in [3.8, 4) is 0 Å². The zero-order valence-corrected chi connectivity index (χ0v) is 12.9. The third-order valence-electron chi connectivity index (χ3n) is 3.83. The molecule has 0 aliphatic carbocycles. The Morgan fingerprint density at radius 3 is 2.92 bits per heavy atom. The molecule has 0 aromatic carbocycles. The molecular formula is C13H18N6O5. The van der Waals surface area contributed by atoms with Crippen molar-refractivity contribution in [2.24, 2.45) is 0 Å². The molecule has 1 amide bonds. The van der Waals surface area contributed by atoms with Gasteiger partial charge in [-0.3, -0.25) is 14.2 Å². The largest absolute Gasteiger partial charge is 0.387 e. The first-order chi connectivity index (χ1) is 11.6. The third-order valence-corrected chi connectivity index (χ3v) is 3.83. The van der Waals surface area contributed by atoms with Crippen LogP contribution in [0.15, 0.2) is 12.7 Å². The van der Waals surface area contributed by atoms with Gasteiger partial charge >= 0.3 is 0 Å². The van der Waals surface area contributed by atoms with E-state index in [2.05, 4.69) is 15.0 Å². The average molecular weight is 338 g/mol. The molecule has 1 aliphatic rings. The van der Waals surface area contributed by atoms with E-state index < -0.39 is 24.5 Å². The van der Waals surface area contributed by atoms with Crippen LogP contribution < -0.4 is 5.73 Å². The fourth-order valence-electron chi connectivity index (χ4n) is 2.52. The summed E-state index contributed by atoms with van der Waals surface area (Å²) in [6.07, 6.45) is -0.954. The molecule has 1 fully saturated rings. The Labute approximate surface area is 136 Å². The molecule has 0 saturated carbocycles. The lowest BCUT2D eigenvalue weighted by atomic mass is 10.1. The number of carbonyl (C=O) groups excluding carboxylic acids is 1. The number of carbonyl (C=O) groups is 1. The van der Waals surface area contributed by atoms with Gasteiger partial charge in [-0.2, -0.15) is 0 Å². The van der Waals surface area contributed by atoms with E-state index in [0.717, 1.165) is 5.06 Å². The molecule has 11 heteroatoms. The molecule has 11 nitrogen and oxygen atoms in total. The quantitative estimate of drug-likeness (QED) is 0.420. The lowest BCUT2D eigenvalue weighted by Crippen LogP contribution is -2.36. The maximum absolute atomic E-state index is 10.7. The Bertz CT molecular complexity index is 724. The highest BCUT2D eigenvalue weighted by molar-refractivity contribution is 5.81. The first-order valence-corrected chi connectivity index (χ1v) is 7.36. The molecule has 130 valence electrons. The van der Waals surface area contributed by atoms with E-state index in [1.165, 1.54) is 17.2 Å². The van der Waals surface area contributed by atoms with Crippen molar-refractivity contribution < 1.29 is 24.6 Å². The summed E-state index contributed by atoms with van der Waals surface area (Å²) in [6, 6.07) is 0. The van der Waals surface area contributed by atoms with Crippen LogP contribution in [0.5, 0.6) is 0 Å². The van der Waals surface area contributed by atoms with Crippen LogP contribution in [0.3, 0.4) is 0 Å². The van der Waals surface area contributed by atoms with Gasteiger partial charge in [0.25, 0.3) is 0 Å². The van der Waals surface area contributed by atoms with Gasteiger partial charge in [0.2, 0.25) is 6.41 Å². The highest BCUT2D eigenvalue weighted by atomic mass is 16.7. The molecule has 0 unspecified atom stereocenters. The van der Waals surface area contributed by atoms with E-state index in [-0.39, 0.29) is 12.4 Å². The van der Waals surface area contributed by atoms with Gasteiger partial charge in [-0.05, 0) is 6.92 Å². The number of nitrogens with two attached hydrogens (primary N) is 1. The van der Waals surface area contributed by atoms with Crippen molar-refractivity contribution in [1.82, 2.24) is 24.6 Å². The minimum absolute atomic E-state index is 0.0922. The molecule has 2 aromatic rings. The van der Waals surface area contributed by atoms with Crippen molar-refractivity contribution in [2.45, 2.75) is 31.5 Å². The van der Waals surface area contributed by atoms with E-state index in [9.17, 15) is 15.0 Å². The molecule has 1 saturated heterocycles. The minimum Gasteiger partial charge on any atom is -0.387 e. The Balaban J connectivity index is 1.79. The van der Waals surface area contributed by atoms with Gasteiger partial charge in [0.1, 0.15) is 36.8 Å². The fraction of sp³-hybridized carbons (Fsp3) is 0.538. The number of hydrogen-bond donors (Lipinski definition) is 3. The first kappa shape index (κ1) is 16.5. The summed E-state index contributed by atoms with van der Waals surface area (Å²) in [7, 11) is 0. The Hall–Kier alpha value is -2.34. The van der Waals surface area contributed by atoms with Crippen molar-refractivity contribution >= 4 is 23.4 Å². The fourth-order valence-corrected chi connectivity index (χ4v) is 2.52. The number of imidazole rings is 1. The number of nitrogen functional groups attached to an aromatic ring is 1. The van der Waals surface area contributed by atoms with E-state index in [1.54, 1.807) is 6.92 Å². The summed E-state index contributed by atoms with van der Waals surface area (Å²) < 4.78 is 7.14.